The molecule has 4 heteroatoms. The molecule has 0 aliphatic carbocycles. The second-order valence-electron chi connectivity index (χ2n) is 8.54. The van der Waals surface area contributed by atoms with Gasteiger partial charge in [0.15, 0.2) is 0 Å². The van der Waals surface area contributed by atoms with E-state index in [9.17, 15) is 9.59 Å². The van der Waals surface area contributed by atoms with Crippen LogP contribution < -0.4 is 0 Å². The van der Waals surface area contributed by atoms with Crippen LogP contribution in [0.1, 0.15) is 97.0 Å². The summed E-state index contributed by atoms with van der Waals surface area (Å²) in [6.45, 7) is 18.5. The van der Waals surface area contributed by atoms with E-state index in [1.165, 1.54) is 5.56 Å². The summed E-state index contributed by atoms with van der Waals surface area (Å²) in [7, 11) is 0. The molecule has 0 spiro atoms. The van der Waals surface area contributed by atoms with Gasteiger partial charge in [0.2, 0.25) is 0 Å². The number of benzene rings is 1. The van der Waals surface area contributed by atoms with E-state index in [0.29, 0.717) is 17.9 Å². The zero-order valence-corrected chi connectivity index (χ0v) is 18.6. The second kappa shape index (κ2) is 11.1. The van der Waals surface area contributed by atoms with Crippen molar-refractivity contribution in [3.63, 3.8) is 0 Å². The highest BCUT2D eigenvalue weighted by atomic mass is 16.6. The maximum Gasteiger partial charge on any atom is 0.338 e. The summed E-state index contributed by atoms with van der Waals surface area (Å²) in [6, 6.07) is 7.56. The maximum atomic E-state index is 12.1. The molecule has 27 heavy (non-hydrogen) atoms. The summed E-state index contributed by atoms with van der Waals surface area (Å²) < 4.78 is 10.4. The number of hydrogen-bond acceptors (Lipinski definition) is 4. The van der Waals surface area contributed by atoms with Gasteiger partial charge in [0.05, 0.1) is 12.2 Å². The molecule has 154 valence electrons. The van der Waals surface area contributed by atoms with Crippen molar-refractivity contribution < 1.29 is 19.1 Å². The number of hydrogen-bond donors (Lipinski definition) is 0. The number of carbonyl (C=O) groups excluding carboxylic acids is 2. The molecule has 1 aromatic carbocycles. The fraction of sp³-hybridized carbons (Fsp3) is 0.652. The SMILES string of the molecule is CC.CC(c1ccc(C(=O)OCCCC(=O)OC(C)(C)C)cc1)C(C)(C)C. The Hall–Kier alpha value is -1.84. The smallest absolute Gasteiger partial charge is 0.338 e. The highest BCUT2D eigenvalue weighted by Crippen LogP contribution is 2.34. The van der Waals surface area contributed by atoms with Crippen LogP contribution in [0.3, 0.4) is 0 Å². The van der Waals surface area contributed by atoms with Crippen LogP contribution in [-0.2, 0) is 14.3 Å². The minimum absolute atomic E-state index is 0.170. The Kier molecular flexibility index (Phi) is 10.3. The number of carbonyl (C=O) groups is 2. The van der Waals surface area contributed by atoms with Crippen LogP contribution in [0, 0.1) is 5.41 Å². The van der Waals surface area contributed by atoms with Gasteiger partial charge in [-0.25, -0.2) is 4.79 Å². The summed E-state index contributed by atoms with van der Waals surface area (Å²) in [5, 5.41) is 0. The number of rotatable bonds is 6. The topological polar surface area (TPSA) is 52.6 Å². The summed E-state index contributed by atoms with van der Waals surface area (Å²) in [6.07, 6.45) is 0.701. The average molecular weight is 379 g/mol. The van der Waals surface area contributed by atoms with Crippen molar-refractivity contribution in [2.75, 3.05) is 6.61 Å². The molecule has 0 bridgehead atoms. The zero-order valence-electron chi connectivity index (χ0n) is 18.6. The third-order valence-electron chi connectivity index (χ3n) is 4.12. The van der Waals surface area contributed by atoms with Gasteiger partial charge >= 0.3 is 11.9 Å². The van der Waals surface area contributed by atoms with Crippen LogP contribution >= 0.6 is 0 Å². The van der Waals surface area contributed by atoms with Gasteiger partial charge in [-0.3, -0.25) is 4.79 Å². The van der Waals surface area contributed by atoms with Gasteiger partial charge in [-0.1, -0.05) is 53.7 Å². The lowest BCUT2D eigenvalue weighted by Crippen LogP contribution is -2.24. The van der Waals surface area contributed by atoms with Gasteiger partial charge in [0, 0.05) is 6.42 Å². The van der Waals surface area contributed by atoms with E-state index in [2.05, 4.69) is 27.7 Å². The third kappa shape index (κ3) is 10.2. The molecular weight excluding hydrogens is 340 g/mol. The van der Waals surface area contributed by atoms with Gasteiger partial charge in [0.1, 0.15) is 5.60 Å². The van der Waals surface area contributed by atoms with Crippen LogP contribution in [0.5, 0.6) is 0 Å². The van der Waals surface area contributed by atoms with Gasteiger partial charge < -0.3 is 9.47 Å². The van der Waals surface area contributed by atoms with Crippen LogP contribution in [0.15, 0.2) is 24.3 Å². The Morgan fingerprint density at radius 2 is 1.48 bits per heavy atom. The summed E-state index contributed by atoms with van der Waals surface area (Å²) in [4.78, 5) is 23.7. The molecule has 0 saturated carbocycles. The fourth-order valence-electron chi connectivity index (χ4n) is 2.27. The average Bonchev–Trinajstić information content (AvgIpc) is 2.57. The van der Waals surface area contributed by atoms with Gasteiger partial charge in [-0.05, 0) is 56.2 Å². The first-order valence-electron chi connectivity index (χ1n) is 9.89. The summed E-state index contributed by atoms with van der Waals surface area (Å²) in [5.41, 5.74) is 1.42. The molecule has 0 saturated heterocycles. The third-order valence-corrected chi connectivity index (χ3v) is 4.12. The predicted molar refractivity (Wildman–Crippen MR) is 111 cm³/mol. The summed E-state index contributed by atoms with van der Waals surface area (Å²) in [5.74, 6) is -0.241. The first-order valence-corrected chi connectivity index (χ1v) is 9.89. The Balaban J connectivity index is 0.00000326. The number of esters is 2. The molecule has 0 N–H and O–H groups in total. The molecule has 0 amide bonds. The zero-order chi connectivity index (χ0) is 21.3. The maximum absolute atomic E-state index is 12.1. The Morgan fingerprint density at radius 3 is 1.93 bits per heavy atom. The standard InChI is InChI=1S/C21H32O4.C2H6/c1-15(20(2,3)4)16-10-12-17(13-11-16)19(23)24-14-8-9-18(22)25-21(5,6)7;1-2/h10-13,15H,8-9,14H2,1-7H3;1-2H3. The van der Waals surface area contributed by atoms with Crippen LogP contribution in [0.2, 0.25) is 0 Å². The monoisotopic (exact) mass is 378 g/mol. The van der Waals surface area contributed by atoms with Crippen molar-refractivity contribution in [2.45, 2.75) is 86.7 Å². The molecular formula is C23H38O4. The molecule has 0 aliphatic rings. The molecule has 4 nitrogen and oxygen atoms in total. The normalized spacial score (nSPS) is 12.5. The van der Waals surface area contributed by atoms with Gasteiger partial charge in [0.25, 0.3) is 0 Å². The minimum atomic E-state index is -0.486. The van der Waals surface area contributed by atoms with E-state index in [1.54, 1.807) is 12.1 Å². The first kappa shape index (κ1) is 25.2. The van der Waals surface area contributed by atoms with Gasteiger partial charge in [-0.2, -0.15) is 0 Å². The van der Waals surface area contributed by atoms with Crippen molar-refractivity contribution in [3.8, 4) is 0 Å². The molecule has 1 atom stereocenters. The van der Waals surface area contributed by atoms with E-state index in [0.717, 1.165) is 0 Å². The largest absolute Gasteiger partial charge is 0.462 e. The molecule has 0 aromatic heterocycles. The van der Waals surface area contributed by atoms with Crippen LogP contribution in [0.4, 0.5) is 0 Å². The molecule has 0 heterocycles. The van der Waals surface area contributed by atoms with Crippen molar-refractivity contribution in [1.29, 1.82) is 0 Å². The van der Waals surface area contributed by atoms with E-state index >= 15 is 0 Å². The van der Waals surface area contributed by atoms with E-state index < -0.39 is 5.60 Å². The van der Waals surface area contributed by atoms with E-state index in [-0.39, 0.29) is 30.4 Å². The lowest BCUT2D eigenvalue weighted by Gasteiger charge is -2.27. The molecule has 0 radical (unpaired) electrons. The Labute approximate surface area is 165 Å². The second-order valence-corrected chi connectivity index (χ2v) is 8.54. The van der Waals surface area contributed by atoms with Crippen LogP contribution in [0.25, 0.3) is 0 Å². The van der Waals surface area contributed by atoms with E-state index in [1.807, 2.05) is 46.8 Å². The quantitative estimate of drug-likeness (QED) is 0.440. The van der Waals surface area contributed by atoms with E-state index in [4.69, 9.17) is 9.47 Å². The van der Waals surface area contributed by atoms with Crippen molar-refractivity contribution in [3.05, 3.63) is 35.4 Å². The van der Waals surface area contributed by atoms with Crippen molar-refractivity contribution >= 4 is 11.9 Å². The molecule has 0 aliphatic heterocycles. The molecule has 0 fully saturated rings. The molecule has 1 aromatic rings. The Bertz CT molecular complexity index is 574. The van der Waals surface area contributed by atoms with Gasteiger partial charge in [-0.15, -0.1) is 0 Å². The predicted octanol–water partition coefficient (Wildman–Crippen LogP) is 6.14. The lowest BCUT2D eigenvalue weighted by atomic mass is 9.78. The number of ether oxygens (including phenoxy) is 2. The highest BCUT2D eigenvalue weighted by molar-refractivity contribution is 5.89. The molecule has 1 unspecified atom stereocenters. The lowest BCUT2D eigenvalue weighted by molar-refractivity contribution is -0.155. The Morgan fingerprint density at radius 1 is 0.963 bits per heavy atom. The molecule has 1 rings (SSSR count). The van der Waals surface area contributed by atoms with Crippen molar-refractivity contribution in [1.82, 2.24) is 0 Å². The highest BCUT2D eigenvalue weighted by Gasteiger charge is 2.22. The minimum Gasteiger partial charge on any atom is -0.462 e. The summed E-state index contributed by atoms with van der Waals surface area (Å²) >= 11 is 0. The van der Waals surface area contributed by atoms with Crippen molar-refractivity contribution in [2.24, 2.45) is 5.41 Å². The van der Waals surface area contributed by atoms with Crippen LogP contribution in [-0.4, -0.2) is 24.1 Å². The first-order chi connectivity index (χ1) is 12.4. The fourth-order valence-corrected chi connectivity index (χ4v) is 2.27.